The molecule has 0 radical (unpaired) electrons. The van der Waals surface area contributed by atoms with Crippen molar-refractivity contribution < 1.29 is 13.5 Å². The molecule has 2 atom stereocenters. The molecule has 2 unspecified atom stereocenters. The van der Waals surface area contributed by atoms with Gasteiger partial charge in [0.15, 0.2) is 0 Å². The highest BCUT2D eigenvalue weighted by Gasteiger charge is 2.36. The first kappa shape index (κ1) is 15.2. The first-order valence-electron chi connectivity index (χ1n) is 7.22. The number of sulfonamides is 1. The molecule has 0 aromatic rings. The Kier molecular flexibility index (Phi) is 4.87. The van der Waals surface area contributed by atoms with Crippen LogP contribution in [0.15, 0.2) is 0 Å². The fraction of sp³-hybridized carbons (Fsp3) is 1.00. The Hall–Kier alpha value is -0.170. The molecule has 0 saturated carbocycles. The maximum atomic E-state index is 11.6. The number of hydrogen-bond donors (Lipinski definition) is 2. The number of aliphatic hydroxyl groups excluding tert-OH is 1. The van der Waals surface area contributed by atoms with E-state index >= 15 is 0 Å². The van der Waals surface area contributed by atoms with Crippen LogP contribution in [0.4, 0.5) is 0 Å². The molecule has 2 N–H and O–H groups in total. The van der Waals surface area contributed by atoms with Crippen molar-refractivity contribution >= 4 is 10.0 Å². The Bertz CT molecular complexity index is 391. The van der Waals surface area contributed by atoms with Gasteiger partial charge in [-0.05, 0) is 44.6 Å². The lowest BCUT2D eigenvalue weighted by Crippen LogP contribution is -2.46. The van der Waals surface area contributed by atoms with Crippen molar-refractivity contribution in [2.75, 3.05) is 39.0 Å². The number of piperidine rings is 2. The fourth-order valence-corrected chi connectivity index (χ4v) is 4.45. The van der Waals surface area contributed by atoms with E-state index in [2.05, 4.69) is 5.32 Å². The molecule has 0 aromatic heterocycles. The molecule has 2 fully saturated rings. The average Bonchev–Trinajstić information content (AvgIpc) is 2.39. The lowest BCUT2D eigenvalue weighted by atomic mass is 9.73. The quantitative estimate of drug-likeness (QED) is 0.787. The van der Waals surface area contributed by atoms with Gasteiger partial charge in [0.2, 0.25) is 10.0 Å². The van der Waals surface area contributed by atoms with Crippen LogP contribution in [0.3, 0.4) is 0 Å². The minimum atomic E-state index is -3.07. The van der Waals surface area contributed by atoms with Crippen molar-refractivity contribution in [2.24, 2.45) is 11.3 Å². The van der Waals surface area contributed by atoms with Crippen molar-refractivity contribution in [2.45, 2.75) is 32.1 Å². The van der Waals surface area contributed by atoms with Gasteiger partial charge in [-0.25, -0.2) is 12.7 Å². The zero-order valence-electron chi connectivity index (χ0n) is 11.8. The second-order valence-electron chi connectivity index (χ2n) is 6.27. The standard InChI is InChI=1S/C13H26N2O3S/c1-19(17,18)15-7-2-4-12(9-15)8-13(11-16)5-3-6-14-10-13/h12,14,16H,2-11H2,1H3. The summed E-state index contributed by atoms with van der Waals surface area (Å²) < 4.78 is 24.9. The van der Waals surface area contributed by atoms with Crippen molar-refractivity contribution in [1.29, 1.82) is 0 Å². The average molecular weight is 290 g/mol. The Morgan fingerprint density at radius 1 is 1.42 bits per heavy atom. The summed E-state index contributed by atoms with van der Waals surface area (Å²) in [7, 11) is -3.07. The highest BCUT2D eigenvalue weighted by atomic mass is 32.2. The van der Waals surface area contributed by atoms with E-state index < -0.39 is 10.0 Å². The molecule has 0 amide bonds. The van der Waals surface area contributed by atoms with Crippen LogP contribution in [0.5, 0.6) is 0 Å². The Morgan fingerprint density at radius 2 is 2.21 bits per heavy atom. The van der Waals surface area contributed by atoms with Crippen molar-refractivity contribution in [3.63, 3.8) is 0 Å². The number of aliphatic hydroxyl groups is 1. The lowest BCUT2D eigenvalue weighted by molar-refractivity contribution is 0.0576. The highest BCUT2D eigenvalue weighted by Crippen LogP contribution is 2.36. The first-order chi connectivity index (χ1) is 8.95. The molecule has 2 aliphatic rings. The molecule has 112 valence electrons. The van der Waals surface area contributed by atoms with E-state index in [4.69, 9.17) is 0 Å². The molecule has 2 rings (SSSR count). The Balaban J connectivity index is 1.97. The minimum absolute atomic E-state index is 0.0383. The molecule has 0 aromatic carbocycles. The smallest absolute Gasteiger partial charge is 0.211 e. The Labute approximate surface area is 116 Å². The van der Waals surface area contributed by atoms with Crippen LogP contribution in [0.25, 0.3) is 0 Å². The molecule has 19 heavy (non-hydrogen) atoms. The van der Waals surface area contributed by atoms with Crippen LogP contribution in [-0.2, 0) is 10.0 Å². The van der Waals surface area contributed by atoms with Gasteiger partial charge in [0.25, 0.3) is 0 Å². The second kappa shape index (κ2) is 6.08. The predicted octanol–water partition coefficient (Wildman–Crippen LogP) is 0.410. The molecule has 2 heterocycles. The molecule has 0 bridgehead atoms. The molecule has 0 aliphatic carbocycles. The lowest BCUT2D eigenvalue weighted by Gasteiger charge is -2.41. The summed E-state index contributed by atoms with van der Waals surface area (Å²) in [6.45, 7) is 3.37. The zero-order valence-corrected chi connectivity index (χ0v) is 12.6. The summed E-state index contributed by atoms with van der Waals surface area (Å²) in [6, 6.07) is 0. The highest BCUT2D eigenvalue weighted by molar-refractivity contribution is 7.88. The summed E-state index contributed by atoms with van der Waals surface area (Å²) >= 11 is 0. The largest absolute Gasteiger partial charge is 0.396 e. The van der Waals surface area contributed by atoms with E-state index in [0.29, 0.717) is 19.0 Å². The first-order valence-corrected chi connectivity index (χ1v) is 9.07. The van der Waals surface area contributed by atoms with Crippen LogP contribution in [0, 0.1) is 11.3 Å². The van der Waals surface area contributed by atoms with Crippen LogP contribution < -0.4 is 5.32 Å². The summed E-state index contributed by atoms with van der Waals surface area (Å²) in [6.07, 6.45) is 6.39. The fourth-order valence-electron chi connectivity index (χ4n) is 3.51. The Morgan fingerprint density at radius 3 is 2.79 bits per heavy atom. The number of nitrogens with zero attached hydrogens (tertiary/aromatic N) is 1. The third kappa shape index (κ3) is 3.90. The van der Waals surface area contributed by atoms with Gasteiger partial charge >= 0.3 is 0 Å². The summed E-state index contributed by atoms with van der Waals surface area (Å²) in [4.78, 5) is 0. The molecular formula is C13H26N2O3S. The SMILES string of the molecule is CS(=O)(=O)N1CCCC(CC2(CO)CCCNC2)C1. The van der Waals surface area contributed by atoms with Crippen molar-refractivity contribution in [3.05, 3.63) is 0 Å². The molecular weight excluding hydrogens is 264 g/mol. The molecule has 0 spiro atoms. The van der Waals surface area contributed by atoms with Gasteiger partial charge in [0.1, 0.15) is 0 Å². The van der Waals surface area contributed by atoms with Crippen LogP contribution in [0.2, 0.25) is 0 Å². The van der Waals surface area contributed by atoms with Gasteiger partial charge in [-0.3, -0.25) is 0 Å². The van der Waals surface area contributed by atoms with E-state index in [-0.39, 0.29) is 12.0 Å². The molecule has 2 saturated heterocycles. The van der Waals surface area contributed by atoms with E-state index in [9.17, 15) is 13.5 Å². The van der Waals surface area contributed by atoms with E-state index in [1.165, 1.54) is 6.26 Å². The van der Waals surface area contributed by atoms with Gasteiger partial charge in [0, 0.05) is 31.7 Å². The maximum absolute atomic E-state index is 11.6. The molecule has 2 aliphatic heterocycles. The number of nitrogens with one attached hydrogen (secondary N) is 1. The molecule has 6 heteroatoms. The van der Waals surface area contributed by atoms with Crippen LogP contribution in [0.1, 0.15) is 32.1 Å². The summed E-state index contributed by atoms with van der Waals surface area (Å²) in [5.41, 5.74) is -0.0383. The number of rotatable bonds is 4. The predicted molar refractivity (Wildman–Crippen MR) is 75.4 cm³/mol. The van der Waals surface area contributed by atoms with Crippen LogP contribution in [-0.4, -0.2) is 56.9 Å². The normalized spacial score (nSPS) is 34.3. The van der Waals surface area contributed by atoms with Crippen molar-refractivity contribution in [1.82, 2.24) is 9.62 Å². The summed E-state index contributed by atoms with van der Waals surface area (Å²) in [5.74, 6) is 0.385. The van der Waals surface area contributed by atoms with Gasteiger partial charge in [-0.1, -0.05) is 0 Å². The molecule has 5 nitrogen and oxygen atoms in total. The van der Waals surface area contributed by atoms with Gasteiger partial charge in [-0.15, -0.1) is 0 Å². The maximum Gasteiger partial charge on any atom is 0.211 e. The number of hydrogen-bond acceptors (Lipinski definition) is 4. The van der Waals surface area contributed by atoms with Gasteiger partial charge in [0.05, 0.1) is 6.26 Å². The van der Waals surface area contributed by atoms with Gasteiger partial charge < -0.3 is 10.4 Å². The van der Waals surface area contributed by atoms with Gasteiger partial charge in [-0.2, -0.15) is 0 Å². The third-order valence-electron chi connectivity index (χ3n) is 4.57. The monoisotopic (exact) mass is 290 g/mol. The third-order valence-corrected chi connectivity index (χ3v) is 5.84. The van der Waals surface area contributed by atoms with E-state index in [0.717, 1.165) is 45.2 Å². The van der Waals surface area contributed by atoms with Crippen LogP contribution >= 0.6 is 0 Å². The zero-order chi connectivity index (χ0) is 13.9. The summed E-state index contributed by atoms with van der Waals surface area (Å²) in [5, 5.41) is 13.1. The van der Waals surface area contributed by atoms with E-state index in [1.54, 1.807) is 4.31 Å². The topological polar surface area (TPSA) is 69.6 Å². The van der Waals surface area contributed by atoms with Crippen molar-refractivity contribution in [3.8, 4) is 0 Å². The van der Waals surface area contributed by atoms with E-state index in [1.807, 2.05) is 0 Å². The second-order valence-corrected chi connectivity index (χ2v) is 8.25. The minimum Gasteiger partial charge on any atom is -0.396 e.